The maximum Gasteiger partial charge on any atom is 0.527 e. The van der Waals surface area contributed by atoms with Crippen molar-refractivity contribution in [3.63, 3.8) is 0 Å². The number of halogens is 1. The van der Waals surface area contributed by atoms with Gasteiger partial charge < -0.3 is 19.5 Å². The Bertz CT molecular complexity index is 1250. The maximum atomic E-state index is 15.2. The fourth-order valence-corrected chi connectivity index (χ4v) is 5.06. The van der Waals surface area contributed by atoms with Crippen LogP contribution in [0.3, 0.4) is 0 Å². The number of nitro benzene ring substituents is 1. The van der Waals surface area contributed by atoms with Crippen LogP contribution in [0.2, 0.25) is 0 Å². The first-order valence-corrected chi connectivity index (χ1v) is 11.6. The highest BCUT2D eigenvalue weighted by atomic mass is 32.2. The van der Waals surface area contributed by atoms with Crippen LogP contribution < -0.4 is 9.38 Å². The number of nitro groups is 1. The average Bonchev–Trinajstić information content (AvgIpc) is 3.15. The van der Waals surface area contributed by atoms with Crippen molar-refractivity contribution in [3.05, 3.63) is 52.3 Å². The molecule has 2 saturated heterocycles. The van der Waals surface area contributed by atoms with E-state index in [1.54, 1.807) is 4.90 Å². The molecule has 2 heterocycles. The number of anilines is 1. The molecule has 1 amide bonds. The number of aliphatic hydroxyl groups is 1. The Kier molecular flexibility index (Phi) is 6.26. The molecule has 12 nitrogen and oxygen atoms in total. The number of para-hydroxylation sites is 2. The van der Waals surface area contributed by atoms with Gasteiger partial charge in [0.2, 0.25) is 5.69 Å². The number of carbonyl (C=O) groups excluding carboxylic acids is 1. The summed E-state index contributed by atoms with van der Waals surface area (Å²) in [5.41, 5.74) is -1.59. The SMILES string of the molecule is O=C1OC(CO)C[N@@+]1(c1cccc(F)c1N1CCOCC1)c1cccc(S(=O)(=O)O)c1[N+](=O)[O-]. The number of carbonyl (C=O) groups is 1. The molecule has 34 heavy (non-hydrogen) atoms. The van der Waals surface area contributed by atoms with Gasteiger partial charge in [0.25, 0.3) is 0 Å². The molecule has 0 saturated carbocycles. The Morgan fingerprint density at radius 2 is 1.82 bits per heavy atom. The molecule has 2 atom stereocenters. The molecule has 2 N–H and O–H groups in total. The summed E-state index contributed by atoms with van der Waals surface area (Å²) in [7, 11) is -5.07. The largest absolute Gasteiger partial charge is 0.527 e. The number of aliphatic hydroxyl groups excluding tert-OH is 1. The summed E-state index contributed by atoms with van der Waals surface area (Å²) in [6.45, 7) is 0.0660. The van der Waals surface area contributed by atoms with Gasteiger partial charge in [-0.1, -0.05) is 12.1 Å². The normalized spacial score (nSPS) is 23.1. The Labute approximate surface area is 193 Å². The third kappa shape index (κ3) is 3.88. The highest BCUT2D eigenvalue weighted by Crippen LogP contribution is 2.50. The van der Waals surface area contributed by atoms with E-state index < -0.39 is 60.4 Å². The molecule has 2 aliphatic heterocycles. The van der Waals surface area contributed by atoms with Gasteiger partial charge in [-0.3, -0.25) is 14.7 Å². The molecule has 2 aromatic carbocycles. The second kappa shape index (κ2) is 8.88. The van der Waals surface area contributed by atoms with Crippen molar-refractivity contribution in [2.24, 2.45) is 0 Å². The molecule has 14 heteroatoms. The van der Waals surface area contributed by atoms with Crippen molar-refractivity contribution in [2.75, 3.05) is 44.4 Å². The van der Waals surface area contributed by atoms with Crippen LogP contribution in [0.4, 0.5) is 31.9 Å². The Hall–Kier alpha value is -3.17. The molecule has 182 valence electrons. The summed E-state index contributed by atoms with van der Waals surface area (Å²) >= 11 is 0. The first kappa shape index (κ1) is 24.0. The molecule has 2 fully saturated rings. The quantitative estimate of drug-likeness (QED) is 0.261. The summed E-state index contributed by atoms with van der Waals surface area (Å²) in [6.07, 6.45) is -2.18. The molecule has 0 aromatic heterocycles. The lowest BCUT2D eigenvalue weighted by Gasteiger charge is -2.34. The fraction of sp³-hybridized carbons (Fsp3) is 0.350. The highest BCUT2D eigenvalue weighted by molar-refractivity contribution is 7.86. The van der Waals surface area contributed by atoms with E-state index in [4.69, 9.17) is 9.47 Å². The fourth-order valence-electron chi connectivity index (χ4n) is 4.39. The van der Waals surface area contributed by atoms with Gasteiger partial charge in [-0.05, 0) is 12.1 Å². The van der Waals surface area contributed by atoms with E-state index in [-0.39, 0.29) is 44.2 Å². The molecule has 4 rings (SSSR count). The topological polar surface area (TPSA) is 157 Å². The summed E-state index contributed by atoms with van der Waals surface area (Å²) < 4.78 is 58.2. The van der Waals surface area contributed by atoms with Crippen LogP contribution >= 0.6 is 0 Å². The Morgan fingerprint density at radius 3 is 2.41 bits per heavy atom. The minimum atomic E-state index is -5.07. The van der Waals surface area contributed by atoms with Gasteiger partial charge in [0.1, 0.15) is 12.2 Å². The first-order chi connectivity index (χ1) is 16.1. The molecule has 0 aliphatic carbocycles. The van der Waals surface area contributed by atoms with Crippen molar-refractivity contribution in [2.45, 2.75) is 11.0 Å². The number of quaternary nitrogens is 1. The second-order valence-corrected chi connectivity index (χ2v) is 9.13. The molecule has 0 bridgehead atoms. The molecule has 0 spiro atoms. The van der Waals surface area contributed by atoms with Gasteiger partial charge in [0, 0.05) is 25.2 Å². The zero-order valence-corrected chi connectivity index (χ0v) is 18.5. The van der Waals surface area contributed by atoms with E-state index in [0.29, 0.717) is 0 Å². The lowest BCUT2D eigenvalue weighted by atomic mass is 10.1. The number of hydrogen-bond donors (Lipinski definition) is 2. The number of rotatable bonds is 6. The molecular weight excluding hydrogens is 477 g/mol. The highest BCUT2D eigenvalue weighted by Gasteiger charge is 2.58. The summed E-state index contributed by atoms with van der Waals surface area (Å²) in [5.74, 6) is -0.717. The van der Waals surface area contributed by atoms with Gasteiger partial charge in [0.05, 0.1) is 24.7 Å². The van der Waals surface area contributed by atoms with E-state index >= 15 is 4.39 Å². The Balaban J connectivity index is 2.09. The number of ether oxygens (including phenoxy) is 2. The average molecular weight is 498 g/mol. The van der Waals surface area contributed by atoms with Gasteiger partial charge in [-0.15, -0.1) is 4.48 Å². The summed E-state index contributed by atoms with van der Waals surface area (Å²) in [4.78, 5) is 25.0. The number of benzene rings is 2. The molecule has 0 radical (unpaired) electrons. The van der Waals surface area contributed by atoms with E-state index in [2.05, 4.69) is 0 Å². The van der Waals surface area contributed by atoms with Crippen LogP contribution in [0.25, 0.3) is 0 Å². The van der Waals surface area contributed by atoms with Crippen LogP contribution in [0.5, 0.6) is 0 Å². The van der Waals surface area contributed by atoms with Crippen LogP contribution in [-0.2, 0) is 19.6 Å². The van der Waals surface area contributed by atoms with Gasteiger partial charge in [0.15, 0.2) is 22.5 Å². The van der Waals surface area contributed by atoms with Gasteiger partial charge in [-0.2, -0.15) is 13.2 Å². The zero-order chi connectivity index (χ0) is 24.7. The standard InChI is InChI=1S/C20H20FN3O9S/c21-14-3-1-4-15(18(14)22-7-9-32-10-8-22)24(11-13(12-25)33-20(24)26)16-5-2-6-17(34(29,30)31)19(16)23(27)28/h1-6,13,25H,7-12H2/p+1/t13?,24-/m1/s1. The predicted molar refractivity (Wildman–Crippen MR) is 116 cm³/mol. The lowest BCUT2D eigenvalue weighted by molar-refractivity contribution is -0.387. The number of morpholine rings is 1. The van der Waals surface area contributed by atoms with E-state index in [1.165, 1.54) is 18.2 Å². The van der Waals surface area contributed by atoms with Crippen LogP contribution in [0.1, 0.15) is 0 Å². The minimum absolute atomic E-state index is 0.0344. The lowest BCUT2D eigenvalue weighted by Crippen LogP contribution is -2.48. The van der Waals surface area contributed by atoms with Gasteiger partial charge in [-0.25, -0.2) is 4.39 Å². The molecule has 2 aliphatic rings. The predicted octanol–water partition coefficient (Wildman–Crippen LogP) is 1.97. The molecular formula is C20H21FN3O9S+. The van der Waals surface area contributed by atoms with Crippen LogP contribution in [0.15, 0.2) is 41.3 Å². The first-order valence-electron chi connectivity index (χ1n) is 10.2. The van der Waals surface area contributed by atoms with Crippen molar-refractivity contribution < 1.29 is 41.7 Å². The van der Waals surface area contributed by atoms with Crippen LogP contribution in [0, 0.1) is 15.9 Å². The summed E-state index contributed by atoms with van der Waals surface area (Å²) in [6, 6.07) is 6.96. The van der Waals surface area contributed by atoms with Crippen molar-refractivity contribution in [3.8, 4) is 0 Å². The van der Waals surface area contributed by atoms with Gasteiger partial charge >= 0.3 is 21.9 Å². The van der Waals surface area contributed by atoms with Crippen LogP contribution in [-0.4, -0.2) is 74.7 Å². The maximum absolute atomic E-state index is 15.2. The van der Waals surface area contributed by atoms with E-state index in [9.17, 15) is 33.0 Å². The number of cyclic esters (lactones) is 1. The third-order valence-corrected chi connectivity index (χ3v) is 6.70. The smallest absolute Gasteiger partial charge is 0.408 e. The zero-order valence-electron chi connectivity index (χ0n) is 17.7. The van der Waals surface area contributed by atoms with Crippen molar-refractivity contribution in [1.29, 1.82) is 0 Å². The minimum Gasteiger partial charge on any atom is -0.408 e. The van der Waals surface area contributed by atoms with E-state index in [0.717, 1.165) is 18.2 Å². The van der Waals surface area contributed by atoms with Crippen molar-refractivity contribution in [1.82, 2.24) is 4.48 Å². The third-order valence-electron chi connectivity index (χ3n) is 5.81. The Morgan fingerprint density at radius 1 is 1.18 bits per heavy atom. The number of hydrogen-bond acceptors (Lipinski definition) is 9. The van der Waals surface area contributed by atoms with Crippen molar-refractivity contribution >= 4 is 39.0 Å². The second-order valence-electron chi connectivity index (χ2n) is 7.74. The summed E-state index contributed by atoms with van der Waals surface area (Å²) in [5, 5.41) is 21.7. The number of nitrogens with zero attached hydrogens (tertiary/aromatic N) is 3. The van der Waals surface area contributed by atoms with E-state index in [1.807, 2.05) is 0 Å². The molecule has 2 aromatic rings. The monoisotopic (exact) mass is 498 g/mol. The number of amides is 1. The molecule has 1 unspecified atom stereocenters.